The molecule has 1 atom stereocenters. The third-order valence-electron chi connectivity index (χ3n) is 4.91. The van der Waals surface area contributed by atoms with Crippen LogP contribution < -0.4 is 21.2 Å². The third kappa shape index (κ3) is 2.57. The van der Waals surface area contributed by atoms with Crippen LogP contribution in [0.4, 0.5) is 5.69 Å². The van der Waals surface area contributed by atoms with Crippen molar-refractivity contribution in [1.29, 1.82) is 0 Å². The largest absolute Gasteiger partial charge is 0.422 e. The number of nitrogens with zero attached hydrogens (tertiary/aromatic N) is 3. The van der Waals surface area contributed by atoms with Gasteiger partial charge in [-0.25, -0.2) is 9.79 Å². The van der Waals surface area contributed by atoms with Crippen LogP contribution in [-0.2, 0) is 0 Å². The van der Waals surface area contributed by atoms with Crippen molar-refractivity contribution in [3.8, 4) is 0 Å². The Bertz CT molecular complexity index is 1000. The summed E-state index contributed by atoms with van der Waals surface area (Å²) in [5.74, 6) is 0. The number of fused-ring (bicyclic) bond motifs is 2. The van der Waals surface area contributed by atoms with Crippen molar-refractivity contribution in [3.63, 3.8) is 0 Å². The Morgan fingerprint density at radius 2 is 2.08 bits per heavy atom. The van der Waals surface area contributed by atoms with Crippen LogP contribution in [0.25, 0.3) is 16.7 Å². The lowest BCUT2D eigenvalue weighted by Crippen LogP contribution is -2.43. The lowest BCUT2D eigenvalue weighted by atomic mass is 10.1. The third-order valence-corrected chi connectivity index (χ3v) is 4.91. The first-order valence-corrected chi connectivity index (χ1v) is 8.78. The molecule has 2 aromatic rings. The number of allylic oxidation sites excluding steroid dienone is 1. The Labute approximate surface area is 150 Å². The fourth-order valence-electron chi connectivity index (χ4n) is 3.53. The van der Waals surface area contributed by atoms with Gasteiger partial charge in [-0.1, -0.05) is 0 Å². The van der Waals surface area contributed by atoms with E-state index in [1.54, 1.807) is 6.21 Å². The molecule has 0 radical (unpaired) electrons. The van der Waals surface area contributed by atoms with Gasteiger partial charge in [0.15, 0.2) is 6.29 Å². The summed E-state index contributed by atoms with van der Waals surface area (Å²) in [5.41, 5.74) is 2.60. The number of piperazine rings is 1. The minimum absolute atomic E-state index is 0.194. The Morgan fingerprint density at radius 1 is 1.19 bits per heavy atom. The van der Waals surface area contributed by atoms with Crippen LogP contribution in [0.5, 0.6) is 0 Å². The van der Waals surface area contributed by atoms with Crippen molar-refractivity contribution >= 4 is 28.6 Å². The minimum atomic E-state index is -0.346. The van der Waals surface area contributed by atoms with Crippen molar-refractivity contribution in [3.05, 3.63) is 58.7 Å². The summed E-state index contributed by atoms with van der Waals surface area (Å²) in [4.78, 5) is 21.1. The molecule has 1 aromatic heterocycles. The molecule has 0 aliphatic carbocycles. The first kappa shape index (κ1) is 15.2. The second-order valence-electron chi connectivity index (χ2n) is 6.55. The molecule has 0 spiro atoms. The fourth-order valence-corrected chi connectivity index (χ4v) is 3.53. The Kier molecular flexibility index (Phi) is 3.53. The zero-order chi connectivity index (χ0) is 17.5. The maximum Gasteiger partial charge on any atom is 0.345 e. The lowest BCUT2D eigenvalue weighted by molar-refractivity contribution is 0.377. The number of benzene rings is 1. The Balaban J connectivity index is 1.50. The van der Waals surface area contributed by atoms with Crippen LogP contribution in [0.1, 0.15) is 5.56 Å². The molecule has 1 aromatic carbocycles. The van der Waals surface area contributed by atoms with E-state index in [1.165, 1.54) is 0 Å². The van der Waals surface area contributed by atoms with Crippen molar-refractivity contribution in [2.24, 2.45) is 4.99 Å². The second-order valence-corrected chi connectivity index (χ2v) is 6.55. The average molecular weight is 349 g/mol. The Morgan fingerprint density at radius 3 is 2.92 bits per heavy atom. The summed E-state index contributed by atoms with van der Waals surface area (Å²) in [6.45, 7) is 3.84. The molecule has 1 saturated heterocycles. The number of hydrogen-bond donors (Lipinski definition) is 2. The molecule has 0 amide bonds. The molecule has 3 aliphatic heterocycles. The van der Waals surface area contributed by atoms with E-state index in [0.717, 1.165) is 42.9 Å². The van der Waals surface area contributed by atoms with Crippen LogP contribution in [-0.4, -0.2) is 43.6 Å². The lowest BCUT2D eigenvalue weighted by Gasteiger charge is -2.29. The smallest absolute Gasteiger partial charge is 0.345 e. The molecule has 0 saturated carbocycles. The predicted octanol–water partition coefficient (Wildman–Crippen LogP) is 1.29. The summed E-state index contributed by atoms with van der Waals surface area (Å²) in [6, 6.07) is 7.94. The predicted molar refractivity (Wildman–Crippen MR) is 102 cm³/mol. The number of aliphatic imine (C=N–C) groups is 1. The van der Waals surface area contributed by atoms with Gasteiger partial charge in [0.1, 0.15) is 5.58 Å². The van der Waals surface area contributed by atoms with E-state index in [0.29, 0.717) is 11.1 Å². The van der Waals surface area contributed by atoms with Crippen LogP contribution in [0.2, 0.25) is 0 Å². The van der Waals surface area contributed by atoms with Gasteiger partial charge >= 0.3 is 5.63 Å². The summed E-state index contributed by atoms with van der Waals surface area (Å²) in [5, 5.41) is 7.49. The molecule has 132 valence electrons. The van der Waals surface area contributed by atoms with Gasteiger partial charge in [0.25, 0.3) is 0 Å². The van der Waals surface area contributed by atoms with Gasteiger partial charge < -0.3 is 24.9 Å². The summed E-state index contributed by atoms with van der Waals surface area (Å²) < 4.78 is 5.64. The standard InChI is InChI=1S/C19H19N5O2/c25-18-15(16-12-24-7-1-4-21-19(24)22-16)10-13-2-3-14(11-17(13)26-18)23-8-5-20-6-9-23/h1-4,7,10-12,19-20,22H,5-6,8-9H2. The van der Waals surface area contributed by atoms with Gasteiger partial charge in [-0.15, -0.1) is 0 Å². The normalized spacial score (nSPS) is 21.7. The van der Waals surface area contributed by atoms with Crippen LogP contribution in [0.15, 0.2) is 56.9 Å². The zero-order valence-corrected chi connectivity index (χ0v) is 14.2. The van der Waals surface area contributed by atoms with E-state index >= 15 is 0 Å². The van der Waals surface area contributed by atoms with Crippen molar-refractivity contribution in [2.75, 3.05) is 31.1 Å². The van der Waals surface area contributed by atoms with Gasteiger partial charge in [-0.2, -0.15) is 0 Å². The van der Waals surface area contributed by atoms with Crippen molar-refractivity contribution in [1.82, 2.24) is 15.5 Å². The molecule has 7 nitrogen and oxygen atoms in total. The van der Waals surface area contributed by atoms with Crippen molar-refractivity contribution < 1.29 is 4.42 Å². The molecule has 0 bridgehead atoms. The van der Waals surface area contributed by atoms with Gasteiger partial charge in [-0.05, 0) is 24.3 Å². The molecule has 5 rings (SSSR count). The maximum absolute atomic E-state index is 12.6. The SMILES string of the molecule is O=c1oc2cc(N3CCNCC3)ccc2cc1C1=CN2C=CC=NC2N1. The first-order chi connectivity index (χ1) is 12.8. The van der Waals surface area contributed by atoms with E-state index < -0.39 is 0 Å². The number of nitrogens with one attached hydrogen (secondary N) is 2. The molecule has 26 heavy (non-hydrogen) atoms. The highest BCUT2D eigenvalue weighted by atomic mass is 16.4. The molecule has 1 unspecified atom stereocenters. The molecule has 4 heterocycles. The topological polar surface area (TPSA) is 73.1 Å². The molecule has 7 heteroatoms. The van der Waals surface area contributed by atoms with Gasteiger partial charge in [0, 0.05) is 61.9 Å². The van der Waals surface area contributed by atoms with E-state index in [1.807, 2.05) is 41.6 Å². The van der Waals surface area contributed by atoms with E-state index in [9.17, 15) is 4.79 Å². The average Bonchev–Trinajstić information content (AvgIpc) is 3.11. The second kappa shape index (κ2) is 6.03. The number of rotatable bonds is 2. The molecule has 1 fully saturated rings. The quantitative estimate of drug-likeness (QED) is 0.796. The molecular formula is C19H19N5O2. The van der Waals surface area contributed by atoms with Crippen LogP contribution in [0.3, 0.4) is 0 Å². The first-order valence-electron chi connectivity index (χ1n) is 8.78. The molecule has 2 N–H and O–H groups in total. The molecular weight excluding hydrogens is 330 g/mol. The minimum Gasteiger partial charge on any atom is -0.422 e. The van der Waals surface area contributed by atoms with E-state index in [2.05, 4.69) is 26.6 Å². The summed E-state index contributed by atoms with van der Waals surface area (Å²) in [7, 11) is 0. The zero-order valence-electron chi connectivity index (χ0n) is 14.2. The van der Waals surface area contributed by atoms with Gasteiger partial charge in [0.05, 0.1) is 11.3 Å². The highest BCUT2D eigenvalue weighted by molar-refractivity contribution is 5.84. The van der Waals surface area contributed by atoms with Crippen molar-refractivity contribution in [2.45, 2.75) is 6.29 Å². The highest BCUT2D eigenvalue weighted by Gasteiger charge is 2.25. The fraction of sp³-hybridized carbons (Fsp3) is 0.263. The summed E-state index contributed by atoms with van der Waals surface area (Å²) in [6.07, 6.45) is 7.20. The Hall–Kier alpha value is -3.06. The van der Waals surface area contributed by atoms with E-state index in [-0.39, 0.29) is 11.9 Å². The highest BCUT2D eigenvalue weighted by Crippen LogP contribution is 2.26. The van der Waals surface area contributed by atoms with E-state index in [4.69, 9.17) is 4.42 Å². The number of hydrogen-bond acceptors (Lipinski definition) is 7. The van der Waals surface area contributed by atoms with Crippen LogP contribution >= 0.6 is 0 Å². The maximum atomic E-state index is 12.6. The molecule has 3 aliphatic rings. The monoisotopic (exact) mass is 349 g/mol. The number of anilines is 1. The van der Waals surface area contributed by atoms with Crippen LogP contribution in [0, 0.1) is 0 Å². The summed E-state index contributed by atoms with van der Waals surface area (Å²) >= 11 is 0. The van der Waals surface area contributed by atoms with Gasteiger partial charge in [-0.3, -0.25) is 0 Å². The van der Waals surface area contributed by atoms with Gasteiger partial charge in [0.2, 0.25) is 0 Å².